The van der Waals surface area contributed by atoms with Crippen LogP contribution in [-0.2, 0) is 21.7 Å². The zero-order chi connectivity index (χ0) is 27.5. The molecule has 0 N–H and O–H groups in total. The summed E-state index contributed by atoms with van der Waals surface area (Å²) in [5, 5.41) is 52.1. The van der Waals surface area contributed by atoms with Crippen LogP contribution in [0.1, 0.15) is 93.2 Å². The molecule has 1 aliphatic carbocycles. The molecule has 0 spiro atoms. The van der Waals surface area contributed by atoms with E-state index in [1.54, 1.807) is 90.4 Å². The molecule has 40 heavy (non-hydrogen) atoms. The van der Waals surface area contributed by atoms with Gasteiger partial charge in [-0.05, 0) is 24.0 Å². The van der Waals surface area contributed by atoms with Crippen molar-refractivity contribution < 1.29 is 47.3 Å². The predicted molar refractivity (Wildman–Crippen MR) is 158 cm³/mol. The van der Waals surface area contributed by atoms with Gasteiger partial charge in [0.2, 0.25) is 0 Å². The molecule has 9 heteroatoms. The Hall–Kier alpha value is -1.39. The molecule has 0 saturated heterocycles. The Morgan fingerprint density at radius 3 is 1.12 bits per heavy atom. The molecule has 0 bridgehead atoms. The molecule has 0 heterocycles. The normalized spacial score (nSPS) is 15.6. The van der Waals surface area contributed by atoms with Gasteiger partial charge in [0.1, 0.15) is 0 Å². The fourth-order valence-electron chi connectivity index (χ4n) is 2.97. The molecule has 1 aliphatic rings. The summed E-state index contributed by atoms with van der Waals surface area (Å²) >= 11 is 0. The minimum atomic E-state index is -0.417. The number of para-hydroxylation sites is 2. The Morgan fingerprint density at radius 2 is 0.875 bits per heavy atom. The number of hydrogen-bond acceptors (Lipinski definition) is 7. The SMILES string of the molecule is C.C.CC(C)[O-].CC(C)[O-].CC(C)[O-].[Ga].[O-]c1ccccc1C=N[C@@H]1CCCC[C@H]1N=Cc1ccccc1[O-].[Ti+4]. The van der Waals surface area contributed by atoms with Crippen LogP contribution in [-0.4, -0.2) is 62.6 Å². The summed E-state index contributed by atoms with van der Waals surface area (Å²) in [6.45, 7) is 9.67. The molecule has 0 aromatic heterocycles. The summed E-state index contributed by atoms with van der Waals surface area (Å²) in [7, 11) is 0. The van der Waals surface area contributed by atoms with E-state index in [0.29, 0.717) is 11.1 Å². The van der Waals surface area contributed by atoms with Crippen LogP contribution in [0, 0.1) is 0 Å². The average Bonchev–Trinajstić information content (AvgIpc) is 2.77. The molecule has 1 saturated carbocycles. The van der Waals surface area contributed by atoms with Crippen LogP contribution in [0.5, 0.6) is 11.5 Å². The molecule has 0 aliphatic heterocycles. The zero-order valence-electron chi connectivity index (χ0n) is 23.5. The molecule has 2 aromatic carbocycles. The Bertz CT molecular complexity index is 810. The second-order valence-corrected chi connectivity index (χ2v) is 9.20. The standard InChI is InChI=1S/C20H22N2O2.3C3H7O.2CH4.Ga.Ti/c23-19-11-5-1-7-15(19)13-21-17-9-3-4-10-18(17)22-14-16-8-2-6-12-20(16)24;3*1-3(2)4;;;;/h1-2,5-8,11-14,17-18,23-24H,3-4,9-10H2;3*3H,1-2H3;2*1H4;;/q;3*-1;;;;+4/p-2/t17-,18-;;;;;;;/m1......./s1. The van der Waals surface area contributed by atoms with Crippen molar-refractivity contribution in [2.24, 2.45) is 9.98 Å². The van der Waals surface area contributed by atoms with E-state index >= 15 is 0 Å². The summed E-state index contributed by atoms with van der Waals surface area (Å²) in [6.07, 6.45) is 6.23. The average molecular weight is 647 g/mol. The van der Waals surface area contributed by atoms with Gasteiger partial charge in [-0.2, -0.15) is 0 Å². The van der Waals surface area contributed by atoms with Crippen LogP contribution in [0.4, 0.5) is 0 Å². The molecular weight excluding hydrogens is 598 g/mol. The van der Waals surface area contributed by atoms with E-state index in [2.05, 4.69) is 9.98 Å². The molecular formula is C31H49GaN2O5Ti-. The largest absolute Gasteiger partial charge is 4.00 e. The van der Waals surface area contributed by atoms with Gasteiger partial charge < -0.3 is 25.5 Å². The Kier molecular flexibility index (Phi) is 35.2. The second-order valence-electron chi connectivity index (χ2n) is 9.20. The quantitative estimate of drug-likeness (QED) is 0.371. The molecule has 0 amide bonds. The van der Waals surface area contributed by atoms with Crippen LogP contribution in [0.3, 0.4) is 0 Å². The Balaban J connectivity index is -0.000000219. The minimum absolute atomic E-state index is 0. The maximum absolute atomic E-state index is 11.8. The van der Waals surface area contributed by atoms with Crippen molar-refractivity contribution >= 4 is 32.2 Å². The van der Waals surface area contributed by atoms with Crippen LogP contribution in [0.15, 0.2) is 58.5 Å². The monoisotopic (exact) mass is 646 g/mol. The Morgan fingerprint density at radius 1 is 0.625 bits per heavy atom. The van der Waals surface area contributed by atoms with E-state index in [-0.39, 0.29) is 79.9 Å². The van der Waals surface area contributed by atoms with Gasteiger partial charge in [0.15, 0.2) is 0 Å². The van der Waals surface area contributed by atoms with Crippen molar-refractivity contribution in [2.45, 2.75) is 112 Å². The molecule has 0 unspecified atom stereocenters. The topological polar surface area (TPSA) is 140 Å². The van der Waals surface area contributed by atoms with Gasteiger partial charge in [0.25, 0.3) is 0 Å². The van der Waals surface area contributed by atoms with Crippen molar-refractivity contribution in [1.29, 1.82) is 0 Å². The third-order valence-corrected chi connectivity index (χ3v) is 4.34. The summed E-state index contributed by atoms with van der Waals surface area (Å²) in [4.78, 5) is 9.23. The summed E-state index contributed by atoms with van der Waals surface area (Å²) in [5.74, 6) is -0.0326. The fraction of sp³-hybridized carbons (Fsp3) is 0.548. The molecule has 2 atom stereocenters. The van der Waals surface area contributed by atoms with Crippen LogP contribution < -0.4 is 25.5 Å². The minimum Gasteiger partial charge on any atom is -0.872 e. The van der Waals surface area contributed by atoms with E-state index in [1.807, 2.05) is 12.1 Å². The van der Waals surface area contributed by atoms with E-state index in [4.69, 9.17) is 0 Å². The summed E-state index contributed by atoms with van der Waals surface area (Å²) in [5.41, 5.74) is 1.21. The molecule has 1 fully saturated rings. The van der Waals surface area contributed by atoms with Gasteiger partial charge in [-0.25, -0.2) is 0 Å². The van der Waals surface area contributed by atoms with Crippen molar-refractivity contribution in [3.8, 4) is 11.5 Å². The van der Waals surface area contributed by atoms with Gasteiger partial charge in [-0.3, -0.25) is 9.98 Å². The maximum Gasteiger partial charge on any atom is 4.00 e. The van der Waals surface area contributed by atoms with Crippen LogP contribution in [0.25, 0.3) is 0 Å². The van der Waals surface area contributed by atoms with Gasteiger partial charge in [-0.1, -0.05) is 118 Å². The van der Waals surface area contributed by atoms with Crippen molar-refractivity contribution in [3.05, 3.63) is 59.7 Å². The van der Waals surface area contributed by atoms with E-state index in [0.717, 1.165) is 25.7 Å². The van der Waals surface area contributed by atoms with Crippen LogP contribution in [0.2, 0.25) is 0 Å². The van der Waals surface area contributed by atoms with Crippen LogP contribution >= 0.6 is 0 Å². The predicted octanol–water partition coefficient (Wildman–Crippen LogP) is 2.84. The first kappa shape index (κ1) is 48.3. The van der Waals surface area contributed by atoms with Crippen molar-refractivity contribution in [1.82, 2.24) is 0 Å². The maximum atomic E-state index is 11.8. The number of rotatable bonds is 4. The molecule has 3 radical (unpaired) electrons. The van der Waals surface area contributed by atoms with E-state index in [9.17, 15) is 25.5 Å². The first-order chi connectivity index (χ1) is 16.9. The number of benzene rings is 2. The third-order valence-electron chi connectivity index (χ3n) is 4.34. The van der Waals surface area contributed by atoms with Crippen molar-refractivity contribution in [2.75, 3.05) is 0 Å². The third kappa shape index (κ3) is 26.8. The molecule has 3 rings (SSSR count). The summed E-state index contributed by atoms with van der Waals surface area (Å²) in [6, 6.07) is 13.9. The first-order valence-electron chi connectivity index (χ1n) is 12.5. The molecule has 7 nitrogen and oxygen atoms in total. The number of hydrogen-bond donors (Lipinski definition) is 0. The zero-order valence-corrected chi connectivity index (χ0v) is 27.5. The Labute approximate surface area is 271 Å². The molecule has 2 aromatic rings. The van der Waals surface area contributed by atoms with Gasteiger partial charge in [0, 0.05) is 32.2 Å². The van der Waals surface area contributed by atoms with E-state index < -0.39 is 18.3 Å². The van der Waals surface area contributed by atoms with Gasteiger partial charge in [0.05, 0.1) is 12.1 Å². The smallest absolute Gasteiger partial charge is 0.872 e. The number of nitrogens with zero attached hydrogens (tertiary/aromatic N) is 2. The van der Waals surface area contributed by atoms with Gasteiger partial charge in [-0.15, -0.1) is 29.8 Å². The fourth-order valence-corrected chi connectivity index (χ4v) is 2.97. The first-order valence-corrected chi connectivity index (χ1v) is 12.5. The molecule has 221 valence electrons. The van der Waals surface area contributed by atoms with Crippen molar-refractivity contribution in [3.63, 3.8) is 0 Å². The van der Waals surface area contributed by atoms with Gasteiger partial charge >= 0.3 is 21.7 Å². The van der Waals surface area contributed by atoms with E-state index in [1.165, 1.54) is 0 Å². The second kappa shape index (κ2) is 29.1. The number of aliphatic imine (C=N–C) groups is 2. The summed E-state index contributed by atoms with van der Waals surface area (Å²) < 4.78 is 0.